The van der Waals surface area contributed by atoms with Gasteiger partial charge in [0, 0.05) is 38.3 Å². The molecule has 1 N–H and O–H groups in total. The van der Waals surface area contributed by atoms with Gasteiger partial charge in [-0.15, -0.1) is 0 Å². The maximum absolute atomic E-state index is 13.0. The van der Waals surface area contributed by atoms with Crippen LogP contribution in [0.5, 0.6) is 5.75 Å². The molecule has 0 aromatic heterocycles. The topological polar surface area (TPSA) is 60.0 Å². The molecule has 132 valence electrons. The highest BCUT2D eigenvalue weighted by molar-refractivity contribution is 5.81. The highest BCUT2D eigenvalue weighted by atomic mass is 16.5. The Hall–Kier alpha value is -1.63. The number of nitrogens with zero attached hydrogens (tertiary/aromatic N) is 1. The third-order valence-electron chi connectivity index (χ3n) is 4.52. The SMILES string of the molecule is COc1ccccc1CN(C[C@@H]1CCCO1)C(=O)[C@@H]1CNCCO1. The number of benzene rings is 1. The van der Waals surface area contributed by atoms with E-state index in [0.29, 0.717) is 26.2 Å². The van der Waals surface area contributed by atoms with E-state index in [1.165, 1.54) is 0 Å². The van der Waals surface area contributed by atoms with Crippen LogP contribution in [-0.2, 0) is 20.8 Å². The van der Waals surface area contributed by atoms with Crippen LogP contribution in [0.1, 0.15) is 18.4 Å². The lowest BCUT2D eigenvalue weighted by Gasteiger charge is -2.31. The Labute approximate surface area is 143 Å². The highest BCUT2D eigenvalue weighted by Crippen LogP contribution is 2.22. The zero-order chi connectivity index (χ0) is 16.8. The van der Waals surface area contributed by atoms with E-state index in [4.69, 9.17) is 14.2 Å². The summed E-state index contributed by atoms with van der Waals surface area (Å²) in [6.07, 6.45) is 1.75. The maximum Gasteiger partial charge on any atom is 0.253 e. The van der Waals surface area contributed by atoms with Crippen LogP contribution in [0.15, 0.2) is 24.3 Å². The summed E-state index contributed by atoms with van der Waals surface area (Å²) in [4.78, 5) is 14.8. The van der Waals surface area contributed by atoms with Crippen LogP contribution in [-0.4, -0.2) is 63.0 Å². The van der Waals surface area contributed by atoms with Crippen molar-refractivity contribution in [1.29, 1.82) is 0 Å². The van der Waals surface area contributed by atoms with Gasteiger partial charge in [-0.1, -0.05) is 18.2 Å². The van der Waals surface area contributed by atoms with Crippen LogP contribution in [0.4, 0.5) is 0 Å². The molecule has 1 aromatic carbocycles. The van der Waals surface area contributed by atoms with Crippen molar-refractivity contribution >= 4 is 5.91 Å². The van der Waals surface area contributed by atoms with E-state index in [0.717, 1.165) is 37.3 Å². The average Bonchev–Trinajstić information content (AvgIpc) is 3.15. The number of morpholine rings is 1. The molecule has 2 aliphatic rings. The number of carbonyl (C=O) groups is 1. The van der Waals surface area contributed by atoms with Gasteiger partial charge in [0.1, 0.15) is 11.9 Å². The van der Waals surface area contributed by atoms with E-state index < -0.39 is 6.10 Å². The predicted molar refractivity (Wildman–Crippen MR) is 90.0 cm³/mol. The molecule has 24 heavy (non-hydrogen) atoms. The van der Waals surface area contributed by atoms with Crippen molar-refractivity contribution in [3.63, 3.8) is 0 Å². The Morgan fingerprint density at radius 3 is 2.92 bits per heavy atom. The first-order chi connectivity index (χ1) is 11.8. The molecular formula is C18H26N2O4. The molecule has 0 saturated carbocycles. The Balaban J connectivity index is 1.74. The van der Waals surface area contributed by atoms with Crippen LogP contribution in [0.3, 0.4) is 0 Å². The number of rotatable bonds is 6. The lowest BCUT2D eigenvalue weighted by molar-refractivity contribution is -0.147. The summed E-state index contributed by atoms with van der Waals surface area (Å²) in [5, 5.41) is 3.22. The molecule has 3 rings (SSSR count). The third-order valence-corrected chi connectivity index (χ3v) is 4.52. The fraction of sp³-hybridized carbons (Fsp3) is 0.611. The molecule has 6 nitrogen and oxygen atoms in total. The molecule has 2 saturated heterocycles. The van der Waals surface area contributed by atoms with Crippen LogP contribution >= 0.6 is 0 Å². The van der Waals surface area contributed by atoms with Gasteiger partial charge in [-0.2, -0.15) is 0 Å². The Morgan fingerprint density at radius 2 is 2.21 bits per heavy atom. The summed E-state index contributed by atoms with van der Waals surface area (Å²) < 4.78 is 16.8. The van der Waals surface area contributed by atoms with E-state index in [-0.39, 0.29) is 12.0 Å². The molecule has 2 heterocycles. The van der Waals surface area contributed by atoms with Gasteiger partial charge in [-0.3, -0.25) is 4.79 Å². The van der Waals surface area contributed by atoms with E-state index in [9.17, 15) is 4.79 Å². The van der Waals surface area contributed by atoms with E-state index in [1.54, 1.807) is 7.11 Å². The predicted octanol–water partition coefficient (Wildman–Crippen LogP) is 1.19. The summed E-state index contributed by atoms with van der Waals surface area (Å²) >= 11 is 0. The number of ether oxygens (including phenoxy) is 3. The fourth-order valence-corrected chi connectivity index (χ4v) is 3.23. The number of para-hydroxylation sites is 1. The molecule has 0 unspecified atom stereocenters. The molecule has 0 bridgehead atoms. The van der Waals surface area contributed by atoms with Crippen molar-refractivity contribution in [2.24, 2.45) is 0 Å². The second kappa shape index (κ2) is 8.46. The zero-order valence-electron chi connectivity index (χ0n) is 14.2. The van der Waals surface area contributed by atoms with Gasteiger partial charge in [0.2, 0.25) is 0 Å². The molecule has 2 fully saturated rings. The lowest BCUT2D eigenvalue weighted by Crippen LogP contribution is -2.50. The minimum absolute atomic E-state index is 0.0172. The number of methoxy groups -OCH3 is 1. The minimum atomic E-state index is -0.421. The summed E-state index contributed by atoms with van der Waals surface area (Å²) in [5.41, 5.74) is 0.995. The number of nitrogens with one attached hydrogen (secondary N) is 1. The minimum Gasteiger partial charge on any atom is -0.496 e. The normalized spacial score (nSPS) is 23.9. The molecule has 6 heteroatoms. The molecule has 2 aliphatic heterocycles. The Kier molecular flexibility index (Phi) is 6.07. The second-order valence-corrected chi connectivity index (χ2v) is 6.23. The molecular weight excluding hydrogens is 308 g/mol. The largest absolute Gasteiger partial charge is 0.496 e. The highest BCUT2D eigenvalue weighted by Gasteiger charge is 2.30. The van der Waals surface area contributed by atoms with Crippen molar-refractivity contribution in [3.05, 3.63) is 29.8 Å². The summed E-state index contributed by atoms with van der Waals surface area (Å²) in [6, 6.07) is 7.81. The summed E-state index contributed by atoms with van der Waals surface area (Å²) in [6.45, 7) is 3.80. The zero-order valence-corrected chi connectivity index (χ0v) is 14.2. The second-order valence-electron chi connectivity index (χ2n) is 6.23. The molecule has 1 aromatic rings. The first-order valence-electron chi connectivity index (χ1n) is 8.62. The monoisotopic (exact) mass is 334 g/mol. The first kappa shape index (κ1) is 17.2. The van der Waals surface area contributed by atoms with Crippen molar-refractivity contribution in [3.8, 4) is 5.75 Å². The van der Waals surface area contributed by atoms with Crippen LogP contribution < -0.4 is 10.1 Å². The van der Waals surface area contributed by atoms with Gasteiger partial charge < -0.3 is 24.4 Å². The lowest BCUT2D eigenvalue weighted by atomic mass is 10.1. The number of carbonyl (C=O) groups excluding carboxylic acids is 1. The molecule has 2 atom stereocenters. The van der Waals surface area contributed by atoms with E-state index in [2.05, 4.69) is 5.32 Å². The van der Waals surface area contributed by atoms with Crippen LogP contribution in [0, 0.1) is 0 Å². The summed E-state index contributed by atoms with van der Waals surface area (Å²) in [7, 11) is 1.65. The fourth-order valence-electron chi connectivity index (χ4n) is 3.23. The maximum atomic E-state index is 13.0. The van der Waals surface area contributed by atoms with Gasteiger partial charge >= 0.3 is 0 Å². The van der Waals surface area contributed by atoms with Gasteiger partial charge in [-0.25, -0.2) is 0 Å². The van der Waals surface area contributed by atoms with Crippen molar-refractivity contribution < 1.29 is 19.0 Å². The standard InChI is InChI=1S/C18H26N2O4/c1-22-16-7-3-2-5-14(16)12-20(13-15-6-4-9-23-15)18(21)17-11-19-8-10-24-17/h2-3,5,7,15,17,19H,4,6,8-13H2,1H3/t15-,17-/m0/s1. The smallest absolute Gasteiger partial charge is 0.253 e. The summed E-state index contributed by atoms with van der Waals surface area (Å²) in [5.74, 6) is 0.814. The van der Waals surface area contributed by atoms with Gasteiger partial charge in [0.05, 0.1) is 19.8 Å². The van der Waals surface area contributed by atoms with Gasteiger partial charge in [0.25, 0.3) is 5.91 Å². The van der Waals surface area contributed by atoms with Crippen molar-refractivity contribution in [1.82, 2.24) is 10.2 Å². The Bertz CT molecular complexity index is 540. The van der Waals surface area contributed by atoms with Crippen molar-refractivity contribution in [2.75, 3.05) is 40.0 Å². The van der Waals surface area contributed by atoms with Crippen LogP contribution in [0.2, 0.25) is 0 Å². The Morgan fingerprint density at radius 1 is 1.33 bits per heavy atom. The van der Waals surface area contributed by atoms with E-state index >= 15 is 0 Å². The number of amides is 1. The molecule has 1 amide bonds. The average molecular weight is 334 g/mol. The number of hydrogen-bond donors (Lipinski definition) is 1. The third kappa shape index (κ3) is 4.26. The van der Waals surface area contributed by atoms with Crippen LogP contribution in [0.25, 0.3) is 0 Å². The van der Waals surface area contributed by atoms with Gasteiger partial charge in [0.15, 0.2) is 0 Å². The molecule has 0 radical (unpaired) electrons. The van der Waals surface area contributed by atoms with E-state index in [1.807, 2.05) is 29.2 Å². The molecule has 0 aliphatic carbocycles. The quantitative estimate of drug-likeness (QED) is 0.847. The number of hydrogen-bond acceptors (Lipinski definition) is 5. The first-order valence-corrected chi connectivity index (χ1v) is 8.62. The van der Waals surface area contributed by atoms with Gasteiger partial charge in [-0.05, 0) is 18.9 Å². The van der Waals surface area contributed by atoms with Crippen molar-refractivity contribution in [2.45, 2.75) is 31.6 Å². The molecule has 0 spiro atoms.